The van der Waals surface area contributed by atoms with E-state index in [-0.39, 0.29) is 23.2 Å². The fourth-order valence-electron chi connectivity index (χ4n) is 4.54. The molecule has 0 spiro atoms. The van der Waals surface area contributed by atoms with Crippen LogP contribution in [0.15, 0.2) is 27.4 Å². The first kappa shape index (κ1) is 19.7. The molecule has 3 atom stereocenters. The molecule has 0 aromatic carbocycles. The first-order chi connectivity index (χ1) is 13.6. The molecule has 0 amide bonds. The van der Waals surface area contributed by atoms with Crippen molar-refractivity contribution in [2.24, 2.45) is 11.8 Å². The number of rotatable bonds is 7. The highest BCUT2D eigenvalue weighted by Gasteiger charge is 2.38. The normalized spacial score (nSPS) is 22.1. The summed E-state index contributed by atoms with van der Waals surface area (Å²) in [5.74, 6) is 1.75. The van der Waals surface area contributed by atoms with Crippen LogP contribution >= 0.6 is 11.3 Å². The molecule has 1 saturated carbocycles. The summed E-state index contributed by atoms with van der Waals surface area (Å²) in [6.45, 7) is 5.82. The fraction of sp³-hybridized carbons (Fsp3) is 0.609. The summed E-state index contributed by atoms with van der Waals surface area (Å²) >= 11 is 1.71. The van der Waals surface area contributed by atoms with Gasteiger partial charge < -0.3 is 14.3 Å². The second kappa shape index (κ2) is 8.42. The zero-order valence-corrected chi connectivity index (χ0v) is 17.6. The Balaban J connectivity index is 1.62. The molecule has 1 saturated heterocycles. The van der Waals surface area contributed by atoms with E-state index in [9.17, 15) is 9.90 Å². The fourth-order valence-corrected chi connectivity index (χ4v) is 5.62. The molecule has 3 heterocycles. The SMILES string of the molecule is CCC(CC1CCCOC1)c1cc(O)c(C(c2ccc(C)s2)C2CC2)c(=O)o1. The molecule has 0 radical (unpaired) electrons. The molecule has 5 heteroatoms. The minimum atomic E-state index is -0.365. The first-order valence-corrected chi connectivity index (χ1v) is 11.4. The summed E-state index contributed by atoms with van der Waals surface area (Å²) in [5.41, 5.74) is 0.0836. The third-order valence-corrected chi connectivity index (χ3v) is 7.31. The van der Waals surface area contributed by atoms with E-state index < -0.39 is 0 Å². The summed E-state index contributed by atoms with van der Waals surface area (Å²) in [4.78, 5) is 15.4. The van der Waals surface area contributed by atoms with Crippen LogP contribution in [0, 0.1) is 18.8 Å². The van der Waals surface area contributed by atoms with E-state index in [2.05, 4.69) is 26.0 Å². The molecule has 2 aromatic heterocycles. The monoisotopic (exact) mass is 402 g/mol. The zero-order chi connectivity index (χ0) is 19.7. The molecule has 2 fully saturated rings. The average molecular weight is 403 g/mol. The van der Waals surface area contributed by atoms with Crippen LogP contribution < -0.4 is 5.63 Å². The molecule has 0 bridgehead atoms. The quantitative estimate of drug-likeness (QED) is 0.658. The van der Waals surface area contributed by atoms with E-state index in [4.69, 9.17) is 9.15 Å². The van der Waals surface area contributed by atoms with Gasteiger partial charge in [0.25, 0.3) is 0 Å². The number of thiophene rings is 1. The molecule has 1 aliphatic carbocycles. The molecule has 1 N–H and O–H groups in total. The number of ether oxygens (including phenoxy) is 1. The lowest BCUT2D eigenvalue weighted by Crippen LogP contribution is -2.21. The highest BCUT2D eigenvalue weighted by molar-refractivity contribution is 7.12. The van der Waals surface area contributed by atoms with Gasteiger partial charge in [-0.3, -0.25) is 0 Å². The zero-order valence-electron chi connectivity index (χ0n) is 16.8. The van der Waals surface area contributed by atoms with E-state index in [1.807, 2.05) is 0 Å². The molecule has 28 heavy (non-hydrogen) atoms. The summed E-state index contributed by atoms with van der Waals surface area (Å²) < 4.78 is 11.4. The molecule has 3 unspecified atom stereocenters. The molecule has 4 rings (SSSR count). The summed E-state index contributed by atoms with van der Waals surface area (Å²) in [5, 5.41) is 10.9. The van der Waals surface area contributed by atoms with Crippen LogP contribution in [0.2, 0.25) is 0 Å². The van der Waals surface area contributed by atoms with E-state index in [0.717, 1.165) is 56.6 Å². The van der Waals surface area contributed by atoms with Gasteiger partial charge in [-0.1, -0.05) is 6.92 Å². The van der Waals surface area contributed by atoms with Gasteiger partial charge in [0.05, 0.1) is 5.56 Å². The Kier molecular flexibility index (Phi) is 5.93. The van der Waals surface area contributed by atoms with Gasteiger partial charge in [0.2, 0.25) is 0 Å². The van der Waals surface area contributed by atoms with Crippen molar-refractivity contribution in [1.82, 2.24) is 0 Å². The maximum absolute atomic E-state index is 13.0. The standard InChI is InChI=1S/C23H30O4S/c1-3-16(11-15-5-4-10-26-13-15)19-12-18(24)22(23(25)27-19)21(17-7-8-17)20-9-6-14(2)28-20/h6,9,12,15-17,21,24H,3-5,7-8,10-11,13H2,1-2H3. The third-order valence-electron chi connectivity index (χ3n) is 6.23. The van der Waals surface area contributed by atoms with Crippen molar-refractivity contribution in [2.75, 3.05) is 13.2 Å². The van der Waals surface area contributed by atoms with Crippen LogP contribution in [0.25, 0.3) is 0 Å². The molecule has 4 nitrogen and oxygen atoms in total. The predicted molar refractivity (Wildman–Crippen MR) is 111 cm³/mol. The van der Waals surface area contributed by atoms with Crippen molar-refractivity contribution in [1.29, 1.82) is 0 Å². The van der Waals surface area contributed by atoms with Gasteiger partial charge in [-0.15, -0.1) is 11.3 Å². The minimum Gasteiger partial charge on any atom is -0.507 e. The average Bonchev–Trinajstić information content (AvgIpc) is 3.43. The molecule has 2 aromatic rings. The predicted octanol–water partition coefficient (Wildman–Crippen LogP) is 5.57. The van der Waals surface area contributed by atoms with Gasteiger partial charge >= 0.3 is 5.63 Å². The van der Waals surface area contributed by atoms with Crippen LogP contribution in [0.3, 0.4) is 0 Å². The van der Waals surface area contributed by atoms with Crippen molar-refractivity contribution in [3.8, 4) is 5.75 Å². The van der Waals surface area contributed by atoms with Crippen molar-refractivity contribution in [3.05, 3.63) is 49.7 Å². The van der Waals surface area contributed by atoms with Gasteiger partial charge in [0.15, 0.2) is 0 Å². The van der Waals surface area contributed by atoms with Crippen LogP contribution in [-0.2, 0) is 4.74 Å². The Labute approximate surface area is 170 Å². The van der Waals surface area contributed by atoms with Gasteiger partial charge in [0, 0.05) is 40.9 Å². The number of aromatic hydroxyl groups is 1. The number of hydrogen-bond acceptors (Lipinski definition) is 5. The Hall–Kier alpha value is -1.59. The molecular weight excluding hydrogens is 372 g/mol. The number of aryl methyl sites for hydroxylation is 1. The minimum absolute atomic E-state index is 0.0455. The molecule has 1 aliphatic heterocycles. The van der Waals surface area contributed by atoms with E-state index >= 15 is 0 Å². The van der Waals surface area contributed by atoms with Crippen molar-refractivity contribution in [2.45, 2.75) is 64.2 Å². The first-order valence-electron chi connectivity index (χ1n) is 10.6. The second-order valence-electron chi connectivity index (χ2n) is 8.42. The van der Waals surface area contributed by atoms with Crippen LogP contribution in [-0.4, -0.2) is 18.3 Å². The lowest BCUT2D eigenvalue weighted by molar-refractivity contribution is 0.0477. The number of hydrogen-bond donors (Lipinski definition) is 1. The van der Waals surface area contributed by atoms with Gasteiger partial charge in [-0.05, 0) is 69.4 Å². The van der Waals surface area contributed by atoms with Crippen LogP contribution in [0.4, 0.5) is 0 Å². The second-order valence-corrected chi connectivity index (χ2v) is 9.74. The lowest BCUT2D eigenvalue weighted by atomic mass is 9.86. The van der Waals surface area contributed by atoms with E-state index in [1.165, 1.54) is 4.88 Å². The van der Waals surface area contributed by atoms with Gasteiger partial charge in [-0.2, -0.15) is 0 Å². The van der Waals surface area contributed by atoms with Crippen LogP contribution in [0.5, 0.6) is 5.75 Å². The molecule has 2 aliphatic rings. The van der Waals surface area contributed by atoms with Crippen LogP contribution in [0.1, 0.15) is 78.4 Å². The van der Waals surface area contributed by atoms with E-state index in [1.54, 1.807) is 17.4 Å². The maximum Gasteiger partial charge on any atom is 0.343 e. The highest BCUT2D eigenvalue weighted by Crippen LogP contribution is 2.49. The Morgan fingerprint density at radius 3 is 2.68 bits per heavy atom. The largest absolute Gasteiger partial charge is 0.507 e. The smallest absolute Gasteiger partial charge is 0.343 e. The van der Waals surface area contributed by atoms with Crippen molar-refractivity contribution >= 4 is 11.3 Å². The topological polar surface area (TPSA) is 59.7 Å². The van der Waals surface area contributed by atoms with E-state index in [0.29, 0.717) is 23.2 Å². The molecular formula is C23H30O4S. The Bertz CT molecular complexity index is 858. The van der Waals surface area contributed by atoms with Crippen molar-refractivity contribution < 1.29 is 14.3 Å². The maximum atomic E-state index is 13.0. The summed E-state index contributed by atoms with van der Waals surface area (Å²) in [7, 11) is 0. The third kappa shape index (κ3) is 4.20. The Morgan fingerprint density at radius 2 is 2.11 bits per heavy atom. The summed E-state index contributed by atoms with van der Waals surface area (Å²) in [6, 6.07) is 5.89. The van der Waals surface area contributed by atoms with Crippen molar-refractivity contribution in [3.63, 3.8) is 0 Å². The lowest BCUT2D eigenvalue weighted by Gasteiger charge is -2.26. The Morgan fingerprint density at radius 1 is 1.29 bits per heavy atom. The molecule has 152 valence electrons. The summed E-state index contributed by atoms with van der Waals surface area (Å²) in [6.07, 6.45) is 6.27. The van der Waals surface area contributed by atoms with Gasteiger partial charge in [-0.25, -0.2) is 4.79 Å². The highest BCUT2D eigenvalue weighted by atomic mass is 32.1. The van der Waals surface area contributed by atoms with Gasteiger partial charge in [0.1, 0.15) is 11.5 Å².